The molecule has 0 aliphatic heterocycles. The highest BCUT2D eigenvalue weighted by atomic mass is 16.6. The monoisotopic (exact) mass is 540 g/mol. The van der Waals surface area contributed by atoms with Gasteiger partial charge in [0.2, 0.25) is 11.8 Å². The van der Waals surface area contributed by atoms with Crippen molar-refractivity contribution in [1.29, 1.82) is 0 Å². The van der Waals surface area contributed by atoms with Crippen LogP contribution in [0.25, 0.3) is 0 Å². The number of nitrogens with one attached hydrogen (secondary N) is 2. The van der Waals surface area contributed by atoms with Crippen LogP contribution in [0.15, 0.2) is 60.7 Å². The van der Waals surface area contributed by atoms with Crippen LogP contribution in [0.3, 0.4) is 0 Å². The molecule has 0 bridgehead atoms. The standard InChI is InChI=1S/C30H40N2O7/c1-20(2)17-23(25(33)32-24(26(34)31-6)29(3,4)5)30(37,27(35)38-18-21-13-9-7-10-14-21)28(36)39-19-22-15-11-8-12-16-22/h7-16,20,23-24,37H,17-19H2,1-6H3,(H,31,34)(H,32,33)/t23-,24-/m0/s1. The van der Waals surface area contributed by atoms with E-state index in [2.05, 4.69) is 10.6 Å². The van der Waals surface area contributed by atoms with Crippen molar-refractivity contribution in [2.24, 2.45) is 17.3 Å². The first-order valence-electron chi connectivity index (χ1n) is 13.0. The van der Waals surface area contributed by atoms with E-state index < -0.39 is 46.7 Å². The van der Waals surface area contributed by atoms with Crippen molar-refractivity contribution in [3.63, 3.8) is 0 Å². The van der Waals surface area contributed by atoms with E-state index >= 15 is 0 Å². The summed E-state index contributed by atoms with van der Waals surface area (Å²) in [5.74, 6) is -5.73. The van der Waals surface area contributed by atoms with E-state index in [4.69, 9.17) is 9.47 Å². The Balaban J connectivity index is 2.46. The third-order valence-electron chi connectivity index (χ3n) is 6.24. The maximum atomic E-state index is 13.7. The predicted octanol–water partition coefficient (Wildman–Crippen LogP) is 3.14. The van der Waals surface area contributed by atoms with Gasteiger partial charge in [-0.15, -0.1) is 0 Å². The highest BCUT2D eigenvalue weighted by Gasteiger charge is 2.57. The molecule has 2 rings (SSSR count). The van der Waals surface area contributed by atoms with Gasteiger partial charge >= 0.3 is 11.9 Å². The van der Waals surface area contributed by atoms with Crippen LogP contribution in [0, 0.1) is 17.3 Å². The highest BCUT2D eigenvalue weighted by Crippen LogP contribution is 2.30. The minimum atomic E-state index is -2.97. The molecular weight excluding hydrogens is 500 g/mol. The van der Waals surface area contributed by atoms with E-state index in [0.29, 0.717) is 11.1 Å². The van der Waals surface area contributed by atoms with Crippen LogP contribution in [0.4, 0.5) is 0 Å². The molecule has 3 N–H and O–H groups in total. The third kappa shape index (κ3) is 8.64. The van der Waals surface area contributed by atoms with E-state index in [-0.39, 0.29) is 25.6 Å². The van der Waals surface area contributed by atoms with Crippen LogP contribution in [0.2, 0.25) is 0 Å². The summed E-state index contributed by atoms with van der Waals surface area (Å²) >= 11 is 0. The van der Waals surface area contributed by atoms with Crippen molar-refractivity contribution in [3.8, 4) is 0 Å². The van der Waals surface area contributed by atoms with Crippen molar-refractivity contribution in [1.82, 2.24) is 10.6 Å². The van der Waals surface area contributed by atoms with Crippen molar-refractivity contribution in [3.05, 3.63) is 71.8 Å². The Morgan fingerprint density at radius 2 is 1.23 bits per heavy atom. The van der Waals surface area contributed by atoms with Crippen LogP contribution in [0.5, 0.6) is 0 Å². The van der Waals surface area contributed by atoms with E-state index in [1.54, 1.807) is 95.3 Å². The van der Waals surface area contributed by atoms with Gasteiger partial charge in [-0.25, -0.2) is 9.59 Å². The van der Waals surface area contributed by atoms with Crippen LogP contribution >= 0.6 is 0 Å². The SMILES string of the molecule is CNC(=O)[C@H](NC(=O)[C@H](CC(C)C)C(O)(C(=O)OCc1ccccc1)C(=O)OCc1ccccc1)C(C)(C)C. The second kappa shape index (κ2) is 13.9. The van der Waals surface area contributed by atoms with E-state index in [9.17, 15) is 24.3 Å². The maximum Gasteiger partial charge on any atom is 0.351 e. The Kier molecular flexibility index (Phi) is 11.2. The largest absolute Gasteiger partial charge is 0.458 e. The second-order valence-electron chi connectivity index (χ2n) is 11.0. The number of hydrogen-bond acceptors (Lipinski definition) is 7. The van der Waals surface area contributed by atoms with Crippen LogP contribution in [-0.4, -0.2) is 47.6 Å². The fraction of sp³-hybridized carbons (Fsp3) is 0.467. The summed E-state index contributed by atoms with van der Waals surface area (Å²) < 4.78 is 10.7. The first-order valence-corrected chi connectivity index (χ1v) is 13.0. The Labute approximate surface area is 230 Å². The summed E-state index contributed by atoms with van der Waals surface area (Å²) in [5, 5.41) is 17.0. The third-order valence-corrected chi connectivity index (χ3v) is 6.24. The zero-order valence-corrected chi connectivity index (χ0v) is 23.5. The molecule has 9 nitrogen and oxygen atoms in total. The molecule has 2 aromatic rings. The normalized spacial score (nSPS) is 13.2. The lowest BCUT2D eigenvalue weighted by atomic mass is 9.79. The molecule has 0 saturated carbocycles. The molecule has 0 unspecified atom stereocenters. The van der Waals surface area contributed by atoms with E-state index in [1.807, 2.05) is 0 Å². The molecule has 0 radical (unpaired) electrons. The number of ether oxygens (including phenoxy) is 2. The summed E-state index contributed by atoms with van der Waals surface area (Å²) in [6.07, 6.45) is -0.0617. The number of amides is 2. The second-order valence-corrected chi connectivity index (χ2v) is 11.0. The van der Waals surface area contributed by atoms with Gasteiger partial charge < -0.3 is 25.2 Å². The molecule has 2 atom stereocenters. The molecule has 39 heavy (non-hydrogen) atoms. The Morgan fingerprint density at radius 3 is 1.59 bits per heavy atom. The van der Waals surface area contributed by atoms with Gasteiger partial charge in [-0.2, -0.15) is 0 Å². The van der Waals surface area contributed by atoms with Crippen molar-refractivity contribution in [2.45, 2.75) is 65.9 Å². The molecule has 0 heterocycles. The average molecular weight is 541 g/mol. The first kappa shape index (κ1) is 31.5. The van der Waals surface area contributed by atoms with Crippen molar-refractivity contribution >= 4 is 23.8 Å². The lowest BCUT2D eigenvalue weighted by Crippen LogP contribution is -2.62. The first-order chi connectivity index (χ1) is 18.3. The van der Waals surface area contributed by atoms with Crippen LogP contribution in [-0.2, 0) is 41.9 Å². The molecule has 2 amide bonds. The molecule has 0 aromatic heterocycles. The van der Waals surface area contributed by atoms with E-state index in [0.717, 1.165) is 0 Å². The van der Waals surface area contributed by atoms with Gasteiger partial charge in [0.15, 0.2) is 0 Å². The lowest BCUT2D eigenvalue weighted by Gasteiger charge is -2.35. The number of esters is 2. The van der Waals surface area contributed by atoms with Crippen molar-refractivity contribution < 1.29 is 33.8 Å². The Hall–Kier alpha value is -3.72. The van der Waals surface area contributed by atoms with Crippen LogP contribution < -0.4 is 10.6 Å². The quantitative estimate of drug-likeness (QED) is 0.278. The number of hydrogen-bond donors (Lipinski definition) is 3. The fourth-order valence-corrected chi connectivity index (χ4v) is 4.04. The summed E-state index contributed by atoms with van der Waals surface area (Å²) in [5.41, 5.74) is -2.42. The number of aliphatic hydroxyl groups is 1. The minimum Gasteiger partial charge on any atom is -0.458 e. The van der Waals surface area contributed by atoms with Gasteiger partial charge in [-0.1, -0.05) is 95.3 Å². The molecule has 0 spiro atoms. The smallest absolute Gasteiger partial charge is 0.351 e. The van der Waals surface area contributed by atoms with Crippen molar-refractivity contribution in [2.75, 3.05) is 7.05 Å². The molecule has 2 aromatic carbocycles. The molecule has 0 fully saturated rings. The van der Waals surface area contributed by atoms with Gasteiger partial charge in [0, 0.05) is 7.05 Å². The summed E-state index contributed by atoms with van der Waals surface area (Å²) in [4.78, 5) is 53.2. The number of rotatable bonds is 12. The summed E-state index contributed by atoms with van der Waals surface area (Å²) in [6.45, 7) is 8.40. The zero-order valence-electron chi connectivity index (χ0n) is 23.5. The van der Waals surface area contributed by atoms with Gasteiger partial charge in [0.05, 0.1) is 5.92 Å². The van der Waals surface area contributed by atoms with Gasteiger partial charge in [-0.05, 0) is 28.9 Å². The van der Waals surface area contributed by atoms with Crippen LogP contribution in [0.1, 0.15) is 52.2 Å². The lowest BCUT2D eigenvalue weighted by molar-refractivity contribution is -0.195. The average Bonchev–Trinajstić information content (AvgIpc) is 2.91. The molecule has 0 aliphatic carbocycles. The zero-order chi connectivity index (χ0) is 29.2. The predicted molar refractivity (Wildman–Crippen MR) is 146 cm³/mol. The molecule has 9 heteroatoms. The fourth-order valence-electron chi connectivity index (χ4n) is 4.04. The van der Waals surface area contributed by atoms with E-state index in [1.165, 1.54) is 7.05 Å². The summed E-state index contributed by atoms with van der Waals surface area (Å²) in [6, 6.07) is 16.5. The van der Waals surface area contributed by atoms with Gasteiger partial charge in [0.1, 0.15) is 19.3 Å². The Bertz CT molecular complexity index is 1060. The summed E-state index contributed by atoms with van der Waals surface area (Å²) in [7, 11) is 1.44. The number of likely N-dealkylation sites (N-methyl/N-ethyl adjacent to an activating group) is 1. The Morgan fingerprint density at radius 1 is 0.795 bits per heavy atom. The maximum absolute atomic E-state index is 13.7. The van der Waals surface area contributed by atoms with Gasteiger partial charge in [0.25, 0.3) is 5.60 Å². The molecule has 0 saturated heterocycles. The molecule has 0 aliphatic rings. The number of benzene rings is 2. The molecule has 212 valence electrons. The molecular formula is C30H40N2O7. The highest BCUT2D eigenvalue weighted by molar-refractivity contribution is 6.08. The topological polar surface area (TPSA) is 131 Å². The minimum absolute atomic E-state index is 0.0617. The van der Waals surface area contributed by atoms with Gasteiger partial charge in [-0.3, -0.25) is 9.59 Å². The number of carbonyl (C=O) groups excluding carboxylic acids is 4. The number of carbonyl (C=O) groups is 4.